The molecule has 7 heteroatoms. The lowest BCUT2D eigenvalue weighted by molar-refractivity contribution is -0.271. The normalized spacial score (nSPS) is 42.0. The second kappa shape index (κ2) is 10.9. The lowest BCUT2D eigenvalue weighted by Crippen LogP contribution is -2.71. The van der Waals surface area contributed by atoms with Crippen LogP contribution in [0.2, 0.25) is 18.1 Å². The Morgan fingerprint density at radius 1 is 0.977 bits per heavy atom. The molecule has 0 amide bonds. The van der Waals surface area contributed by atoms with Gasteiger partial charge in [0.2, 0.25) is 0 Å². The van der Waals surface area contributed by atoms with Crippen molar-refractivity contribution in [3.63, 3.8) is 0 Å². The number of fused-ring (bicyclic) bond motifs is 8. The quantitative estimate of drug-likeness (QED) is 0.239. The van der Waals surface area contributed by atoms with Crippen LogP contribution in [0.25, 0.3) is 0 Å². The molecule has 0 N–H and O–H groups in total. The number of carbonyl (C=O) groups excluding carboxylic acids is 1. The summed E-state index contributed by atoms with van der Waals surface area (Å²) in [5.41, 5.74) is 0.488. The van der Waals surface area contributed by atoms with E-state index in [-0.39, 0.29) is 58.6 Å². The molecule has 43 heavy (non-hydrogen) atoms. The Morgan fingerprint density at radius 2 is 1.67 bits per heavy atom. The molecule has 4 unspecified atom stereocenters. The zero-order chi connectivity index (χ0) is 31.0. The fourth-order valence-electron chi connectivity index (χ4n) is 9.88. The van der Waals surface area contributed by atoms with E-state index in [1.54, 1.807) is 6.92 Å². The van der Waals surface area contributed by atoms with Crippen molar-refractivity contribution in [1.82, 2.24) is 0 Å². The number of carbonyl (C=O) groups is 1. The molecule has 0 spiro atoms. The van der Waals surface area contributed by atoms with Gasteiger partial charge in [0.15, 0.2) is 14.1 Å². The summed E-state index contributed by atoms with van der Waals surface area (Å²) in [7, 11) is -2.01. The van der Waals surface area contributed by atoms with Gasteiger partial charge in [0.25, 0.3) is 0 Å². The van der Waals surface area contributed by atoms with Crippen LogP contribution >= 0.6 is 0 Å². The highest BCUT2D eigenvalue weighted by atomic mass is 28.4. The van der Waals surface area contributed by atoms with E-state index in [1.165, 1.54) is 5.56 Å². The molecule has 0 aromatic heterocycles. The molecule has 5 fully saturated rings. The average molecular weight is 613 g/mol. The highest BCUT2D eigenvalue weighted by Crippen LogP contribution is 2.68. The minimum Gasteiger partial charge on any atom is -0.458 e. The monoisotopic (exact) mass is 612 g/mol. The third-order valence-electron chi connectivity index (χ3n) is 12.6. The van der Waals surface area contributed by atoms with Gasteiger partial charge in [-0.2, -0.15) is 0 Å². The van der Waals surface area contributed by atoms with Gasteiger partial charge in [0.1, 0.15) is 5.60 Å². The first kappa shape index (κ1) is 31.7. The lowest BCUT2D eigenvalue weighted by Gasteiger charge is -2.64. The zero-order valence-corrected chi connectivity index (χ0v) is 29.1. The first-order valence-corrected chi connectivity index (χ1v) is 19.9. The number of rotatable bonds is 6. The summed E-state index contributed by atoms with van der Waals surface area (Å²) in [6.45, 7) is 20.5. The minimum absolute atomic E-state index is 0.0499. The van der Waals surface area contributed by atoms with Gasteiger partial charge in [-0.15, -0.1) is 0 Å². The number of esters is 1. The Labute approximate surface area is 261 Å². The number of hydrogen-bond acceptors (Lipinski definition) is 6. The van der Waals surface area contributed by atoms with E-state index in [0.717, 1.165) is 44.9 Å². The summed E-state index contributed by atoms with van der Waals surface area (Å²) >= 11 is 0. The third-order valence-corrected chi connectivity index (χ3v) is 17.1. The van der Waals surface area contributed by atoms with Crippen molar-refractivity contribution >= 4 is 14.3 Å². The van der Waals surface area contributed by atoms with Gasteiger partial charge in [-0.3, -0.25) is 4.79 Å². The Hall–Kier alpha value is -1.25. The fourth-order valence-corrected chi connectivity index (χ4v) is 11.3. The topological polar surface area (TPSA) is 63.2 Å². The maximum absolute atomic E-state index is 13.0. The van der Waals surface area contributed by atoms with Gasteiger partial charge < -0.3 is 23.4 Å². The minimum atomic E-state index is -2.01. The smallest absolute Gasteiger partial charge is 0.303 e. The van der Waals surface area contributed by atoms with Crippen LogP contribution in [0.3, 0.4) is 0 Å². The van der Waals surface area contributed by atoms with Crippen LogP contribution in [0.15, 0.2) is 30.3 Å². The molecule has 0 radical (unpaired) electrons. The van der Waals surface area contributed by atoms with Crippen LogP contribution in [-0.2, 0) is 34.8 Å². The Bertz CT molecular complexity index is 1180. The molecule has 4 aliphatic carbocycles. The van der Waals surface area contributed by atoms with E-state index in [0.29, 0.717) is 12.5 Å². The summed E-state index contributed by atoms with van der Waals surface area (Å²) in [5.74, 6) is -0.173. The molecule has 6 nitrogen and oxygen atoms in total. The Balaban J connectivity index is 1.46. The zero-order valence-electron chi connectivity index (χ0n) is 28.1. The predicted molar refractivity (Wildman–Crippen MR) is 170 cm³/mol. The van der Waals surface area contributed by atoms with Crippen molar-refractivity contribution in [2.45, 2.75) is 154 Å². The largest absolute Gasteiger partial charge is 0.458 e. The summed E-state index contributed by atoms with van der Waals surface area (Å²) in [6, 6.07) is 10.5. The molecule has 4 saturated carbocycles. The van der Waals surface area contributed by atoms with Crippen LogP contribution < -0.4 is 0 Å². The highest BCUT2D eigenvalue weighted by molar-refractivity contribution is 6.74. The van der Waals surface area contributed by atoms with Crippen LogP contribution in [-0.4, -0.2) is 50.1 Å². The van der Waals surface area contributed by atoms with Crippen molar-refractivity contribution in [2.75, 3.05) is 0 Å². The van der Waals surface area contributed by atoms with Gasteiger partial charge in [-0.05, 0) is 87.4 Å². The van der Waals surface area contributed by atoms with Crippen molar-refractivity contribution in [3.05, 3.63) is 35.9 Å². The van der Waals surface area contributed by atoms with Crippen molar-refractivity contribution in [1.29, 1.82) is 0 Å². The van der Waals surface area contributed by atoms with E-state index in [2.05, 4.69) is 85.0 Å². The van der Waals surface area contributed by atoms with Crippen LogP contribution in [0.4, 0.5) is 0 Å². The van der Waals surface area contributed by atoms with E-state index in [1.807, 2.05) is 0 Å². The van der Waals surface area contributed by atoms with E-state index >= 15 is 0 Å². The summed E-state index contributed by atoms with van der Waals surface area (Å²) < 4.78 is 34.8. The van der Waals surface area contributed by atoms with Crippen LogP contribution in [0.1, 0.15) is 99.0 Å². The van der Waals surface area contributed by atoms with Crippen molar-refractivity contribution in [3.8, 4) is 0 Å². The van der Waals surface area contributed by atoms with Crippen molar-refractivity contribution in [2.24, 2.45) is 29.1 Å². The van der Waals surface area contributed by atoms with Gasteiger partial charge in [-0.1, -0.05) is 64.4 Å². The first-order chi connectivity index (χ1) is 20.1. The molecule has 240 valence electrons. The Kier molecular flexibility index (Phi) is 8.06. The van der Waals surface area contributed by atoms with Crippen LogP contribution in [0, 0.1) is 29.1 Å². The van der Waals surface area contributed by atoms with E-state index in [9.17, 15) is 4.79 Å². The molecule has 1 aliphatic heterocycles. The highest BCUT2D eigenvalue weighted by Gasteiger charge is 2.73. The van der Waals surface area contributed by atoms with Gasteiger partial charge in [0, 0.05) is 24.7 Å². The summed E-state index contributed by atoms with van der Waals surface area (Å²) in [6.07, 6.45) is 7.03. The molecule has 1 saturated heterocycles. The molecule has 10 atom stereocenters. The number of ether oxygens (including phenoxy) is 4. The summed E-state index contributed by atoms with van der Waals surface area (Å²) in [5, 5.41) is 0.138. The van der Waals surface area contributed by atoms with Crippen LogP contribution in [0.5, 0.6) is 0 Å². The van der Waals surface area contributed by atoms with Gasteiger partial charge in [0.05, 0.1) is 31.0 Å². The third kappa shape index (κ3) is 5.37. The molecule has 5 aliphatic rings. The fraction of sp³-hybridized carbons (Fsp3) is 0.806. The van der Waals surface area contributed by atoms with Crippen molar-refractivity contribution < 1.29 is 28.2 Å². The van der Waals surface area contributed by atoms with Gasteiger partial charge in [-0.25, -0.2) is 0 Å². The Morgan fingerprint density at radius 3 is 2.35 bits per heavy atom. The van der Waals surface area contributed by atoms with Gasteiger partial charge >= 0.3 is 5.97 Å². The van der Waals surface area contributed by atoms with E-state index in [4.69, 9.17) is 23.4 Å². The molecular formula is C36H56O6Si. The molecule has 6 rings (SSSR count). The predicted octanol–water partition coefficient (Wildman–Crippen LogP) is 8.04. The first-order valence-electron chi connectivity index (χ1n) is 17.0. The molecule has 0 bridgehead atoms. The number of hydrogen-bond donors (Lipinski definition) is 0. The molecular weight excluding hydrogens is 556 g/mol. The maximum Gasteiger partial charge on any atom is 0.303 e. The molecule has 1 heterocycles. The SMILES string of the molecule is CC(=O)O[C@]12CCCCC1[C@H]1OC(C)(C)O[C@@H]1C1C2[C@@H](OCc2ccccc2)C[C@@]2(C)C1CC[C@@H]2O[Si](C)(C)C(C)(C)C. The standard InChI is InChI=1S/C36H56O6Si/c1-23(37)39-36-20-14-13-17-26(36)31-32(41-34(5,6)40-31)29-25-18-19-28(42-43(8,9)33(2,3)4)35(25,7)21-27(30(29)36)38-22-24-15-11-10-12-16-24/h10-12,15-16,25-32H,13-14,17-22H2,1-9H3/t25?,26?,27-,28-,29?,30?,31+,32+,35-,36+/m0/s1. The number of benzene rings is 1. The lowest BCUT2D eigenvalue weighted by atomic mass is 9.46. The second-order valence-corrected chi connectivity index (χ2v) is 21.4. The summed E-state index contributed by atoms with van der Waals surface area (Å²) in [4.78, 5) is 13.0. The maximum atomic E-state index is 13.0. The average Bonchev–Trinajstić information content (AvgIpc) is 3.41. The second-order valence-electron chi connectivity index (χ2n) is 16.7. The van der Waals surface area contributed by atoms with E-state index < -0.39 is 19.7 Å². The molecule has 1 aromatic carbocycles. The molecule has 1 aromatic rings.